The summed E-state index contributed by atoms with van der Waals surface area (Å²) in [6, 6.07) is 12.4. The van der Waals surface area contributed by atoms with Gasteiger partial charge in [-0.25, -0.2) is 9.98 Å². The van der Waals surface area contributed by atoms with Gasteiger partial charge in [0.1, 0.15) is 11.5 Å². The maximum atomic E-state index is 5.56. The topological polar surface area (TPSA) is 67.9 Å². The number of anilines is 1. The van der Waals surface area contributed by atoms with Crippen LogP contribution < -0.4 is 9.64 Å². The van der Waals surface area contributed by atoms with Gasteiger partial charge < -0.3 is 9.64 Å². The summed E-state index contributed by atoms with van der Waals surface area (Å²) < 4.78 is 5.56. The quantitative estimate of drug-likeness (QED) is 0.468. The molecular formula is C27H34N6O. The monoisotopic (exact) mass is 458 g/mol. The highest BCUT2D eigenvalue weighted by Crippen LogP contribution is 2.33. The Balaban J connectivity index is 1.82. The summed E-state index contributed by atoms with van der Waals surface area (Å²) in [5.41, 5.74) is 6.61. The smallest absolute Gasteiger partial charge is 0.204 e. The number of aromatic nitrogens is 3. The predicted molar refractivity (Wildman–Crippen MR) is 140 cm³/mol. The number of hydrogen-bond donors (Lipinski definition) is 0. The number of benzene rings is 2. The first-order valence-electron chi connectivity index (χ1n) is 11.8. The van der Waals surface area contributed by atoms with Gasteiger partial charge in [-0.3, -0.25) is 0 Å². The molecular weight excluding hydrogens is 424 g/mol. The first kappa shape index (κ1) is 23.7. The first-order valence-corrected chi connectivity index (χ1v) is 11.8. The summed E-state index contributed by atoms with van der Waals surface area (Å²) in [5.74, 6) is 1.96. The highest BCUT2D eigenvalue weighted by atomic mass is 16.5. The third-order valence-electron chi connectivity index (χ3n) is 6.07. The van der Waals surface area contributed by atoms with Gasteiger partial charge in [0, 0.05) is 24.2 Å². The van der Waals surface area contributed by atoms with Gasteiger partial charge in [0.05, 0.1) is 24.1 Å². The van der Waals surface area contributed by atoms with Crippen molar-refractivity contribution in [3.63, 3.8) is 0 Å². The lowest BCUT2D eigenvalue weighted by Crippen LogP contribution is -2.27. The normalized spacial score (nSPS) is 14.4. The summed E-state index contributed by atoms with van der Waals surface area (Å²) in [4.78, 5) is 13.9. The van der Waals surface area contributed by atoms with Gasteiger partial charge in [-0.1, -0.05) is 32.4 Å². The van der Waals surface area contributed by atoms with Crippen LogP contribution in [0.5, 0.6) is 5.75 Å². The molecule has 0 fully saturated rings. The van der Waals surface area contributed by atoms with E-state index >= 15 is 0 Å². The lowest BCUT2D eigenvalue weighted by Gasteiger charge is -2.22. The number of aryl methyl sites for hydroxylation is 2. The van der Waals surface area contributed by atoms with E-state index in [1.165, 1.54) is 5.69 Å². The molecule has 0 saturated carbocycles. The molecule has 0 saturated heterocycles. The number of ether oxygens (including phenoxy) is 1. The summed E-state index contributed by atoms with van der Waals surface area (Å²) in [5, 5.41) is 9.51. The van der Waals surface area contributed by atoms with E-state index in [1.807, 2.05) is 25.1 Å². The third kappa shape index (κ3) is 4.34. The second-order valence-electron chi connectivity index (χ2n) is 9.65. The predicted octanol–water partition coefficient (Wildman–Crippen LogP) is 5.80. The van der Waals surface area contributed by atoms with E-state index in [1.54, 1.807) is 11.9 Å². The molecule has 0 spiro atoms. The number of aliphatic imine (C=N–C) groups is 1. The molecule has 0 N–H and O–H groups in total. The van der Waals surface area contributed by atoms with Gasteiger partial charge in [0.15, 0.2) is 5.82 Å². The molecule has 2 heterocycles. The Morgan fingerprint density at radius 1 is 1.03 bits per heavy atom. The van der Waals surface area contributed by atoms with Crippen molar-refractivity contribution >= 4 is 22.8 Å². The Morgan fingerprint density at radius 2 is 1.76 bits per heavy atom. The first-order chi connectivity index (χ1) is 16.2. The highest BCUT2D eigenvalue weighted by Gasteiger charge is 2.35. The van der Waals surface area contributed by atoms with Crippen molar-refractivity contribution in [3.05, 3.63) is 53.3 Å². The number of fused-ring (bicyclic) bond motifs is 1. The fourth-order valence-corrected chi connectivity index (χ4v) is 4.16. The maximum Gasteiger partial charge on any atom is 0.204 e. The van der Waals surface area contributed by atoms with Gasteiger partial charge in [0.2, 0.25) is 5.82 Å². The fraction of sp³-hybridized carbons (Fsp3) is 0.407. The molecule has 0 amide bonds. The minimum absolute atomic E-state index is 0.211. The van der Waals surface area contributed by atoms with Crippen molar-refractivity contribution in [2.75, 3.05) is 25.1 Å². The third-order valence-corrected chi connectivity index (χ3v) is 6.07. The molecule has 1 aliphatic heterocycles. The zero-order valence-electron chi connectivity index (χ0n) is 21.5. The van der Waals surface area contributed by atoms with E-state index in [4.69, 9.17) is 24.9 Å². The van der Waals surface area contributed by atoms with Crippen LogP contribution in [0.3, 0.4) is 0 Å². The molecule has 178 valence electrons. The van der Waals surface area contributed by atoms with Crippen LogP contribution in [0.25, 0.3) is 11.4 Å². The van der Waals surface area contributed by atoms with Crippen molar-refractivity contribution in [1.29, 1.82) is 0 Å². The minimum Gasteiger partial charge on any atom is -0.496 e. The fourth-order valence-electron chi connectivity index (χ4n) is 4.16. The van der Waals surface area contributed by atoms with E-state index in [2.05, 4.69) is 64.6 Å². The lowest BCUT2D eigenvalue weighted by atomic mass is 9.87. The van der Waals surface area contributed by atoms with Gasteiger partial charge in [-0.15, -0.1) is 9.89 Å². The Kier molecular flexibility index (Phi) is 6.30. The Hall–Kier alpha value is -3.48. The van der Waals surface area contributed by atoms with Crippen LogP contribution in [0.2, 0.25) is 0 Å². The van der Waals surface area contributed by atoms with Crippen LogP contribution in [0, 0.1) is 19.3 Å². The summed E-state index contributed by atoms with van der Waals surface area (Å²) in [7, 11) is 1.66. The highest BCUT2D eigenvalue weighted by molar-refractivity contribution is 6.50. The summed E-state index contributed by atoms with van der Waals surface area (Å²) in [6.45, 7) is 16.8. The SMILES string of the molecule is CCN(CC)c1ccc(N=C2C(C(C)(C)C)=Nn3nc(-c4cc(C)ccc4OC)nc32)c(C)c1. The molecule has 1 aliphatic rings. The molecule has 7 nitrogen and oxygen atoms in total. The summed E-state index contributed by atoms with van der Waals surface area (Å²) in [6.07, 6.45) is 0. The summed E-state index contributed by atoms with van der Waals surface area (Å²) >= 11 is 0. The van der Waals surface area contributed by atoms with E-state index < -0.39 is 0 Å². The van der Waals surface area contributed by atoms with Gasteiger partial charge in [-0.05, 0) is 63.6 Å². The van der Waals surface area contributed by atoms with Crippen molar-refractivity contribution < 1.29 is 4.74 Å². The van der Waals surface area contributed by atoms with E-state index in [-0.39, 0.29) is 5.41 Å². The molecule has 1 aromatic heterocycles. The van der Waals surface area contributed by atoms with Crippen LogP contribution in [-0.2, 0) is 0 Å². The molecule has 34 heavy (non-hydrogen) atoms. The van der Waals surface area contributed by atoms with Crippen molar-refractivity contribution in [2.45, 2.75) is 48.5 Å². The second-order valence-corrected chi connectivity index (χ2v) is 9.65. The van der Waals surface area contributed by atoms with Crippen LogP contribution in [0.1, 0.15) is 51.6 Å². The van der Waals surface area contributed by atoms with E-state index in [0.717, 1.165) is 52.6 Å². The average Bonchev–Trinajstić information content (AvgIpc) is 3.35. The van der Waals surface area contributed by atoms with Crippen molar-refractivity contribution in [1.82, 2.24) is 14.9 Å². The Labute approximate surface area is 202 Å². The lowest BCUT2D eigenvalue weighted by molar-refractivity contribution is 0.416. The largest absolute Gasteiger partial charge is 0.496 e. The molecule has 0 aliphatic carbocycles. The molecule has 0 radical (unpaired) electrons. The second kappa shape index (κ2) is 9.05. The number of methoxy groups -OCH3 is 1. The van der Waals surface area contributed by atoms with Crippen LogP contribution in [0.15, 0.2) is 46.5 Å². The molecule has 0 atom stereocenters. The van der Waals surface area contributed by atoms with Crippen molar-refractivity contribution in [2.24, 2.45) is 15.5 Å². The average molecular weight is 459 g/mol. The number of nitrogens with zero attached hydrogens (tertiary/aromatic N) is 6. The standard InChI is InChI=1S/C27H34N6O/c1-9-32(10-2)19-12-13-21(18(4)16-19)28-23-24(27(5,6)7)30-33-26(23)29-25(31-33)20-15-17(3)11-14-22(20)34-8/h11-16H,9-10H2,1-8H3. The van der Waals surface area contributed by atoms with E-state index in [0.29, 0.717) is 11.6 Å². The maximum absolute atomic E-state index is 5.56. The van der Waals surface area contributed by atoms with Crippen LogP contribution in [-0.4, -0.2) is 46.5 Å². The zero-order valence-corrected chi connectivity index (χ0v) is 21.5. The molecule has 2 aromatic carbocycles. The van der Waals surface area contributed by atoms with Gasteiger partial charge in [-0.2, -0.15) is 5.10 Å². The molecule has 0 unspecified atom stereocenters. The Bertz CT molecular complexity index is 1270. The minimum atomic E-state index is -0.211. The van der Waals surface area contributed by atoms with Crippen molar-refractivity contribution in [3.8, 4) is 17.1 Å². The Morgan fingerprint density at radius 3 is 2.38 bits per heavy atom. The molecule has 3 aromatic rings. The van der Waals surface area contributed by atoms with E-state index in [9.17, 15) is 0 Å². The molecule has 4 rings (SSSR count). The number of rotatable bonds is 6. The van der Waals surface area contributed by atoms with Gasteiger partial charge in [0.25, 0.3) is 0 Å². The molecule has 7 heteroatoms. The van der Waals surface area contributed by atoms with Gasteiger partial charge >= 0.3 is 0 Å². The number of hydrogen-bond acceptors (Lipinski definition) is 6. The van der Waals surface area contributed by atoms with Crippen LogP contribution >= 0.6 is 0 Å². The zero-order chi connectivity index (χ0) is 24.6. The van der Waals surface area contributed by atoms with Crippen LogP contribution in [0.4, 0.5) is 11.4 Å². The molecule has 0 bridgehead atoms.